The minimum atomic E-state index is -3.50. The SMILES string of the molecule is O=C(CNS(=O)(=O)CCc1ccccc1)NCc1ccccc1Cl. The van der Waals surface area contributed by atoms with E-state index in [9.17, 15) is 13.2 Å². The van der Waals surface area contributed by atoms with Gasteiger partial charge in [0, 0.05) is 11.6 Å². The fourth-order valence-corrected chi connectivity index (χ4v) is 3.24. The van der Waals surface area contributed by atoms with Gasteiger partial charge in [-0.1, -0.05) is 60.1 Å². The van der Waals surface area contributed by atoms with Gasteiger partial charge in [-0.2, -0.15) is 0 Å². The molecule has 7 heteroatoms. The first-order valence-corrected chi connectivity index (χ1v) is 9.51. The number of carbonyl (C=O) groups excluding carboxylic acids is 1. The summed E-state index contributed by atoms with van der Waals surface area (Å²) in [4.78, 5) is 11.8. The standard InChI is InChI=1S/C17H19ClN2O3S/c18-16-9-5-4-8-15(16)12-19-17(21)13-20-24(22,23)11-10-14-6-2-1-3-7-14/h1-9,20H,10-13H2,(H,19,21). The highest BCUT2D eigenvalue weighted by atomic mass is 35.5. The van der Waals surface area contributed by atoms with E-state index in [4.69, 9.17) is 11.6 Å². The molecule has 0 aromatic heterocycles. The van der Waals surface area contributed by atoms with E-state index in [2.05, 4.69) is 10.0 Å². The molecule has 128 valence electrons. The van der Waals surface area contributed by atoms with E-state index in [0.717, 1.165) is 11.1 Å². The van der Waals surface area contributed by atoms with Crippen molar-refractivity contribution in [2.75, 3.05) is 12.3 Å². The molecular formula is C17H19ClN2O3S. The molecule has 0 aliphatic rings. The molecule has 0 spiro atoms. The van der Waals surface area contributed by atoms with Gasteiger partial charge < -0.3 is 5.32 Å². The fourth-order valence-electron chi connectivity index (χ4n) is 2.04. The predicted octanol–water partition coefficient (Wildman–Crippen LogP) is 2.12. The smallest absolute Gasteiger partial charge is 0.235 e. The third-order valence-electron chi connectivity index (χ3n) is 3.39. The zero-order valence-electron chi connectivity index (χ0n) is 13.0. The molecule has 24 heavy (non-hydrogen) atoms. The number of nitrogens with one attached hydrogen (secondary N) is 2. The van der Waals surface area contributed by atoms with E-state index in [1.54, 1.807) is 18.2 Å². The maximum atomic E-state index is 11.9. The summed E-state index contributed by atoms with van der Waals surface area (Å²) in [7, 11) is -3.50. The van der Waals surface area contributed by atoms with Gasteiger partial charge in [-0.05, 0) is 23.6 Å². The zero-order valence-corrected chi connectivity index (χ0v) is 14.6. The highest BCUT2D eigenvalue weighted by Gasteiger charge is 2.12. The molecule has 2 aromatic carbocycles. The Labute approximate surface area is 147 Å². The quantitative estimate of drug-likeness (QED) is 0.751. The van der Waals surface area contributed by atoms with Crippen molar-refractivity contribution in [1.82, 2.24) is 10.0 Å². The van der Waals surface area contributed by atoms with Crippen LogP contribution in [0.1, 0.15) is 11.1 Å². The number of hydrogen-bond donors (Lipinski definition) is 2. The van der Waals surface area contributed by atoms with Crippen LogP contribution in [0.4, 0.5) is 0 Å². The summed E-state index contributed by atoms with van der Waals surface area (Å²) >= 11 is 5.99. The van der Waals surface area contributed by atoms with E-state index in [0.29, 0.717) is 11.4 Å². The van der Waals surface area contributed by atoms with Gasteiger partial charge in [0.05, 0.1) is 12.3 Å². The Hall–Kier alpha value is -1.89. The molecule has 0 bridgehead atoms. The van der Waals surface area contributed by atoms with Gasteiger partial charge in [0.15, 0.2) is 0 Å². The topological polar surface area (TPSA) is 75.3 Å². The molecule has 2 rings (SSSR count). The number of rotatable bonds is 8. The summed E-state index contributed by atoms with van der Waals surface area (Å²) in [5.74, 6) is -0.465. The molecule has 0 aliphatic carbocycles. The van der Waals surface area contributed by atoms with Crippen LogP contribution in [0.5, 0.6) is 0 Å². The van der Waals surface area contributed by atoms with E-state index in [-0.39, 0.29) is 18.8 Å². The van der Waals surface area contributed by atoms with Crippen LogP contribution in [0.15, 0.2) is 54.6 Å². The van der Waals surface area contributed by atoms with Crippen molar-refractivity contribution in [3.05, 3.63) is 70.7 Å². The lowest BCUT2D eigenvalue weighted by molar-refractivity contribution is -0.120. The summed E-state index contributed by atoms with van der Waals surface area (Å²) in [5.41, 5.74) is 1.71. The first-order valence-electron chi connectivity index (χ1n) is 7.48. The van der Waals surface area contributed by atoms with Gasteiger partial charge in [0.2, 0.25) is 15.9 Å². The number of carbonyl (C=O) groups is 1. The maximum absolute atomic E-state index is 11.9. The number of sulfonamides is 1. The second kappa shape index (κ2) is 8.82. The molecule has 0 heterocycles. The summed E-state index contributed by atoms with van der Waals surface area (Å²) in [5, 5.41) is 3.19. The first-order chi connectivity index (χ1) is 11.5. The Morgan fingerprint density at radius 1 is 1.00 bits per heavy atom. The van der Waals surface area contributed by atoms with Crippen LogP contribution in [0.25, 0.3) is 0 Å². The summed E-state index contributed by atoms with van der Waals surface area (Å²) in [6.07, 6.45) is 0.400. The second-order valence-electron chi connectivity index (χ2n) is 5.24. The average molecular weight is 367 g/mol. The average Bonchev–Trinajstić information content (AvgIpc) is 2.59. The maximum Gasteiger partial charge on any atom is 0.235 e. The number of hydrogen-bond acceptors (Lipinski definition) is 3. The van der Waals surface area contributed by atoms with Gasteiger partial charge in [-0.15, -0.1) is 0 Å². The Kier molecular flexibility index (Phi) is 6.78. The lowest BCUT2D eigenvalue weighted by atomic mass is 10.2. The van der Waals surface area contributed by atoms with Crippen molar-refractivity contribution in [2.24, 2.45) is 0 Å². The van der Waals surface area contributed by atoms with Crippen LogP contribution < -0.4 is 10.0 Å². The van der Waals surface area contributed by atoms with Gasteiger partial charge in [-0.3, -0.25) is 4.79 Å². The molecule has 2 aromatic rings. The van der Waals surface area contributed by atoms with Gasteiger partial charge in [-0.25, -0.2) is 13.1 Å². The molecule has 5 nitrogen and oxygen atoms in total. The van der Waals surface area contributed by atoms with E-state index in [1.807, 2.05) is 36.4 Å². The molecule has 0 fully saturated rings. The highest BCUT2D eigenvalue weighted by molar-refractivity contribution is 7.89. The Balaban J connectivity index is 1.75. The monoisotopic (exact) mass is 366 g/mol. The Morgan fingerprint density at radius 3 is 2.38 bits per heavy atom. The van der Waals surface area contributed by atoms with Crippen molar-refractivity contribution in [2.45, 2.75) is 13.0 Å². The van der Waals surface area contributed by atoms with Gasteiger partial charge in [0.25, 0.3) is 0 Å². The van der Waals surface area contributed by atoms with Crippen molar-refractivity contribution in [3.8, 4) is 0 Å². The molecule has 0 radical (unpaired) electrons. The normalized spacial score (nSPS) is 11.2. The van der Waals surface area contributed by atoms with E-state index in [1.165, 1.54) is 0 Å². The third-order valence-corrected chi connectivity index (χ3v) is 5.08. The van der Waals surface area contributed by atoms with Crippen molar-refractivity contribution >= 4 is 27.5 Å². The number of halogens is 1. The molecule has 0 atom stereocenters. The van der Waals surface area contributed by atoms with Crippen LogP contribution >= 0.6 is 11.6 Å². The lowest BCUT2D eigenvalue weighted by Gasteiger charge is -2.09. The molecule has 0 aliphatic heterocycles. The molecule has 0 saturated carbocycles. The van der Waals surface area contributed by atoms with Gasteiger partial charge in [0.1, 0.15) is 0 Å². The number of benzene rings is 2. The highest BCUT2D eigenvalue weighted by Crippen LogP contribution is 2.14. The fraction of sp³-hybridized carbons (Fsp3) is 0.235. The molecule has 0 unspecified atom stereocenters. The van der Waals surface area contributed by atoms with Crippen LogP contribution in [0.2, 0.25) is 5.02 Å². The zero-order chi connectivity index (χ0) is 17.4. The van der Waals surface area contributed by atoms with E-state index < -0.39 is 15.9 Å². The van der Waals surface area contributed by atoms with Crippen LogP contribution in [-0.2, 0) is 27.8 Å². The molecule has 2 N–H and O–H groups in total. The summed E-state index contributed by atoms with van der Waals surface area (Å²) in [6, 6.07) is 16.5. The predicted molar refractivity (Wildman–Crippen MR) is 95.2 cm³/mol. The second-order valence-corrected chi connectivity index (χ2v) is 7.58. The van der Waals surface area contributed by atoms with Crippen LogP contribution in [0, 0.1) is 0 Å². The third kappa shape index (κ3) is 6.31. The summed E-state index contributed by atoms with van der Waals surface area (Å²) in [6.45, 7) is -0.0359. The van der Waals surface area contributed by atoms with Crippen molar-refractivity contribution in [3.63, 3.8) is 0 Å². The van der Waals surface area contributed by atoms with Crippen LogP contribution in [0.3, 0.4) is 0 Å². The van der Waals surface area contributed by atoms with Gasteiger partial charge >= 0.3 is 0 Å². The largest absolute Gasteiger partial charge is 0.351 e. The minimum absolute atomic E-state index is 0.0607. The van der Waals surface area contributed by atoms with Crippen molar-refractivity contribution < 1.29 is 13.2 Å². The van der Waals surface area contributed by atoms with E-state index >= 15 is 0 Å². The minimum Gasteiger partial charge on any atom is -0.351 e. The first kappa shape index (κ1) is 18.4. The molecule has 0 saturated heterocycles. The van der Waals surface area contributed by atoms with Crippen LogP contribution in [-0.4, -0.2) is 26.6 Å². The van der Waals surface area contributed by atoms with Crippen molar-refractivity contribution in [1.29, 1.82) is 0 Å². The molecule has 1 amide bonds. The Bertz CT molecular complexity index is 779. The Morgan fingerprint density at radius 2 is 1.67 bits per heavy atom. The summed E-state index contributed by atoms with van der Waals surface area (Å²) < 4.78 is 26.2. The lowest BCUT2D eigenvalue weighted by Crippen LogP contribution is -2.37. The number of amides is 1. The molecular weight excluding hydrogens is 348 g/mol. The number of aryl methyl sites for hydroxylation is 1.